The Kier molecular flexibility index (Phi) is 7.66. The van der Waals surface area contributed by atoms with E-state index >= 15 is 0 Å². The van der Waals surface area contributed by atoms with Crippen LogP contribution in [0.2, 0.25) is 5.02 Å². The Morgan fingerprint density at radius 1 is 1.19 bits per heavy atom. The minimum Gasteiger partial charge on any atom is -0.388 e. The molecule has 4 aromatic rings. The molecule has 43 heavy (non-hydrogen) atoms. The van der Waals surface area contributed by atoms with Gasteiger partial charge in [-0.1, -0.05) is 41.9 Å². The minimum atomic E-state index is -1.07. The summed E-state index contributed by atoms with van der Waals surface area (Å²) in [6.45, 7) is 1.14. The second-order valence-corrected chi connectivity index (χ2v) is 13.9. The van der Waals surface area contributed by atoms with Gasteiger partial charge in [0.2, 0.25) is 5.91 Å². The van der Waals surface area contributed by atoms with E-state index in [9.17, 15) is 14.7 Å². The first-order chi connectivity index (χ1) is 20.8. The molecule has 2 atom stereocenters. The highest BCUT2D eigenvalue weighted by molar-refractivity contribution is 7.15. The fourth-order valence-corrected chi connectivity index (χ4v) is 8.49. The van der Waals surface area contributed by atoms with Crippen LogP contribution in [0.1, 0.15) is 67.2 Å². The first kappa shape index (κ1) is 28.7. The van der Waals surface area contributed by atoms with E-state index in [4.69, 9.17) is 16.6 Å². The van der Waals surface area contributed by atoms with Crippen LogP contribution in [0.3, 0.4) is 0 Å². The molecule has 0 spiro atoms. The number of carbonyl (C=O) groups excluding carboxylic acids is 1. The van der Waals surface area contributed by atoms with Gasteiger partial charge < -0.3 is 15.3 Å². The Labute approximate surface area is 260 Å². The number of aliphatic hydroxyl groups is 1. The molecule has 0 bridgehead atoms. The summed E-state index contributed by atoms with van der Waals surface area (Å²) in [6, 6.07) is 14.8. The molecule has 3 heterocycles. The number of carbonyl (C=O) groups is 1. The van der Waals surface area contributed by atoms with Gasteiger partial charge in [-0.2, -0.15) is 0 Å². The van der Waals surface area contributed by atoms with Crippen LogP contribution in [0.5, 0.6) is 0 Å². The number of nitrogens with one attached hydrogen (secondary N) is 1. The van der Waals surface area contributed by atoms with Crippen LogP contribution in [0.25, 0.3) is 21.3 Å². The normalized spacial score (nSPS) is 20.3. The Morgan fingerprint density at radius 3 is 2.67 bits per heavy atom. The molecule has 1 saturated carbocycles. The van der Waals surface area contributed by atoms with Crippen LogP contribution in [0.15, 0.2) is 59.0 Å². The highest BCUT2D eigenvalue weighted by Crippen LogP contribution is 2.45. The van der Waals surface area contributed by atoms with Crippen molar-refractivity contribution >= 4 is 39.7 Å². The predicted molar refractivity (Wildman–Crippen MR) is 172 cm³/mol. The fourth-order valence-electron chi connectivity index (χ4n) is 7.14. The van der Waals surface area contributed by atoms with E-state index in [1.165, 1.54) is 45.4 Å². The van der Waals surface area contributed by atoms with Crippen LogP contribution < -0.4 is 10.9 Å². The van der Waals surface area contributed by atoms with Gasteiger partial charge >= 0.3 is 0 Å². The quantitative estimate of drug-likeness (QED) is 0.257. The summed E-state index contributed by atoms with van der Waals surface area (Å²) >= 11 is 8.22. The zero-order valence-corrected chi connectivity index (χ0v) is 26.0. The Bertz CT molecular complexity index is 1720. The maximum Gasteiger partial charge on any atom is 0.262 e. The van der Waals surface area contributed by atoms with Crippen LogP contribution in [0.4, 0.5) is 0 Å². The lowest BCUT2D eigenvalue weighted by Gasteiger charge is -2.39. The number of fused-ring (bicyclic) bond motifs is 2. The Balaban J connectivity index is 1.04. The van der Waals surface area contributed by atoms with Crippen LogP contribution >= 0.6 is 22.9 Å². The third kappa shape index (κ3) is 5.55. The van der Waals surface area contributed by atoms with Crippen molar-refractivity contribution in [1.29, 1.82) is 0 Å². The van der Waals surface area contributed by atoms with E-state index in [0.29, 0.717) is 49.2 Å². The standard InChI is InChI=1S/C34H37ClN4O3S/c1-36-28-10-9-23-15-24(16-27(35)30(23)28)32-31-26(18-43-32)33(41)39(20-37-31)19-34(42)11-13-38(14-12-34)29(40)17-25(22-7-8-22)21-5-3-2-4-6-21/h2-6,15-16,18,20,22,25,28,36,42H,7-14,17,19H2,1H3. The van der Waals surface area contributed by atoms with Gasteiger partial charge in [-0.15, -0.1) is 11.3 Å². The number of benzene rings is 2. The molecular formula is C34H37ClN4O3S. The van der Waals surface area contributed by atoms with Gasteiger partial charge in [-0.25, -0.2) is 4.98 Å². The molecule has 3 aliphatic rings. The summed E-state index contributed by atoms with van der Waals surface area (Å²) < 4.78 is 1.53. The van der Waals surface area contributed by atoms with E-state index in [-0.39, 0.29) is 30.0 Å². The van der Waals surface area contributed by atoms with Gasteiger partial charge in [-0.05, 0) is 91.8 Å². The van der Waals surface area contributed by atoms with Gasteiger partial charge in [0, 0.05) is 36.0 Å². The molecule has 2 N–H and O–H groups in total. The Morgan fingerprint density at radius 2 is 1.95 bits per heavy atom. The molecule has 2 aromatic heterocycles. The molecule has 224 valence electrons. The van der Waals surface area contributed by atoms with Crippen LogP contribution in [0, 0.1) is 5.92 Å². The predicted octanol–water partition coefficient (Wildman–Crippen LogP) is 5.92. The molecule has 7 rings (SSSR count). The minimum absolute atomic E-state index is 0.155. The molecule has 2 unspecified atom stereocenters. The van der Waals surface area contributed by atoms with Crippen molar-refractivity contribution in [2.75, 3.05) is 20.1 Å². The van der Waals surface area contributed by atoms with E-state index in [1.54, 1.807) is 6.33 Å². The number of amides is 1. The summed E-state index contributed by atoms with van der Waals surface area (Å²) in [5, 5.41) is 18.0. The molecule has 0 radical (unpaired) electrons. The fraction of sp³-hybridized carbons (Fsp3) is 0.441. The lowest BCUT2D eigenvalue weighted by Crippen LogP contribution is -2.49. The number of hydrogen-bond acceptors (Lipinski definition) is 6. The lowest BCUT2D eigenvalue weighted by molar-refractivity contribution is -0.136. The van der Waals surface area contributed by atoms with Gasteiger partial charge in [-0.3, -0.25) is 14.2 Å². The molecule has 1 saturated heterocycles. The van der Waals surface area contributed by atoms with Crippen molar-refractivity contribution in [3.05, 3.63) is 86.2 Å². The van der Waals surface area contributed by atoms with Crippen molar-refractivity contribution < 1.29 is 9.90 Å². The highest BCUT2D eigenvalue weighted by atomic mass is 35.5. The summed E-state index contributed by atoms with van der Waals surface area (Å²) in [4.78, 5) is 34.4. The number of hydrogen-bond donors (Lipinski definition) is 2. The highest BCUT2D eigenvalue weighted by Gasteiger charge is 2.38. The maximum absolute atomic E-state index is 13.5. The van der Waals surface area contributed by atoms with Crippen molar-refractivity contribution in [2.45, 2.75) is 69.1 Å². The van der Waals surface area contributed by atoms with Crippen molar-refractivity contribution in [2.24, 2.45) is 5.92 Å². The monoisotopic (exact) mass is 616 g/mol. The first-order valence-corrected chi connectivity index (χ1v) is 16.6. The zero-order valence-electron chi connectivity index (χ0n) is 24.4. The third-order valence-corrected chi connectivity index (χ3v) is 11.1. The number of nitrogens with zero attached hydrogens (tertiary/aromatic N) is 3. The first-order valence-electron chi connectivity index (χ1n) is 15.4. The molecule has 2 aliphatic carbocycles. The topological polar surface area (TPSA) is 87.5 Å². The molecule has 2 fully saturated rings. The number of likely N-dealkylation sites (tertiary alicyclic amines) is 1. The second kappa shape index (κ2) is 11.5. The average molecular weight is 617 g/mol. The zero-order chi connectivity index (χ0) is 29.7. The number of aryl methyl sites for hydroxylation is 1. The summed E-state index contributed by atoms with van der Waals surface area (Å²) in [6.07, 6.45) is 7.28. The van der Waals surface area contributed by atoms with Gasteiger partial charge in [0.05, 0.1) is 34.3 Å². The van der Waals surface area contributed by atoms with E-state index in [0.717, 1.165) is 28.3 Å². The van der Waals surface area contributed by atoms with Crippen LogP contribution in [-0.4, -0.2) is 51.2 Å². The number of piperidine rings is 1. The van der Waals surface area contributed by atoms with Gasteiger partial charge in [0.15, 0.2) is 0 Å². The molecule has 1 amide bonds. The van der Waals surface area contributed by atoms with E-state index < -0.39 is 5.60 Å². The molecule has 7 nitrogen and oxygen atoms in total. The number of thiophene rings is 1. The summed E-state index contributed by atoms with van der Waals surface area (Å²) in [5.41, 5.74) is 4.08. The second-order valence-electron chi connectivity index (χ2n) is 12.6. The van der Waals surface area contributed by atoms with Gasteiger partial charge in [0.25, 0.3) is 5.56 Å². The largest absolute Gasteiger partial charge is 0.388 e. The van der Waals surface area contributed by atoms with E-state index in [2.05, 4.69) is 23.5 Å². The van der Waals surface area contributed by atoms with E-state index in [1.807, 2.05) is 41.6 Å². The smallest absolute Gasteiger partial charge is 0.262 e. The van der Waals surface area contributed by atoms with Crippen molar-refractivity contribution in [3.63, 3.8) is 0 Å². The maximum atomic E-state index is 13.5. The molecular weight excluding hydrogens is 580 g/mol. The molecule has 1 aliphatic heterocycles. The number of halogens is 1. The Hall–Kier alpha value is -3.04. The van der Waals surface area contributed by atoms with Crippen molar-refractivity contribution in [1.82, 2.24) is 19.8 Å². The number of rotatable bonds is 8. The van der Waals surface area contributed by atoms with Crippen LogP contribution in [-0.2, 0) is 17.8 Å². The van der Waals surface area contributed by atoms with Gasteiger partial charge in [0.1, 0.15) is 0 Å². The number of aromatic nitrogens is 2. The summed E-state index contributed by atoms with van der Waals surface area (Å²) in [7, 11) is 1.96. The third-order valence-electron chi connectivity index (χ3n) is 9.78. The SMILES string of the molecule is CNC1CCc2cc(-c3scc4c(=O)n(CC5(O)CCN(C(=O)CC(c6ccccc6)C6CC6)CC5)cnc34)cc(Cl)c21. The average Bonchev–Trinajstić information content (AvgIpc) is 3.61. The lowest BCUT2D eigenvalue weighted by atomic mass is 9.88. The molecule has 9 heteroatoms. The molecule has 2 aromatic carbocycles. The van der Waals surface area contributed by atoms with Crippen molar-refractivity contribution in [3.8, 4) is 10.4 Å². The summed E-state index contributed by atoms with van der Waals surface area (Å²) in [5.74, 6) is 1.01.